The predicted octanol–water partition coefficient (Wildman–Crippen LogP) is 5.67. The molecule has 0 bridgehead atoms. The minimum absolute atomic E-state index is 0.930. The maximum atomic E-state index is 4.52. The van der Waals surface area contributed by atoms with E-state index < -0.39 is 5.31 Å². The van der Waals surface area contributed by atoms with Crippen molar-refractivity contribution in [3.63, 3.8) is 0 Å². The van der Waals surface area contributed by atoms with Gasteiger partial charge in [-0.15, -0.1) is 0 Å². The van der Waals surface area contributed by atoms with Gasteiger partial charge in [0, 0.05) is 0 Å². The fourth-order valence-electron chi connectivity index (χ4n) is 4.14. The molecule has 0 aliphatic heterocycles. The first-order valence-electron chi connectivity index (χ1n) is 9.54. The summed E-state index contributed by atoms with van der Waals surface area (Å²) >= 11 is 4.52. The molecule has 0 amide bonds. The van der Waals surface area contributed by atoms with E-state index in [4.69, 9.17) is 0 Å². The Morgan fingerprint density at radius 2 is 1.07 bits per heavy atom. The molecule has 142 valence electrons. The quantitative estimate of drug-likeness (QED) is 0.345. The zero-order valence-electron chi connectivity index (χ0n) is 16.3. The van der Waals surface area contributed by atoms with Crippen LogP contribution in [0, 0.1) is 6.92 Å². The summed E-state index contributed by atoms with van der Waals surface area (Å²) in [6, 6.07) is 35.1. The average molecular weight is 450 g/mol. The Bertz CT molecular complexity index is 953. The van der Waals surface area contributed by atoms with Crippen LogP contribution in [0.5, 0.6) is 0 Å². The molecule has 0 N–H and O–H groups in total. The topological polar surface area (TPSA) is 4.93 Å². The van der Waals surface area contributed by atoms with E-state index in [-0.39, 0.29) is 0 Å². The summed E-state index contributed by atoms with van der Waals surface area (Å²) < 4.78 is 2.27. The van der Waals surface area contributed by atoms with Crippen LogP contribution >= 0.6 is 20.8 Å². The number of nitrogens with zero attached hydrogens (tertiary/aromatic N) is 1. The Morgan fingerprint density at radius 1 is 0.679 bits per heavy atom. The zero-order valence-corrected chi connectivity index (χ0v) is 18.8. The van der Waals surface area contributed by atoms with Gasteiger partial charge in [0.25, 0.3) is 0 Å². The third-order valence-electron chi connectivity index (χ3n) is 5.76. The molecule has 0 unspecified atom stereocenters. The minimum atomic E-state index is -2.92. The van der Waals surface area contributed by atoms with Crippen LogP contribution in [0.4, 0.5) is 0 Å². The van der Waals surface area contributed by atoms with Crippen molar-refractivity contribution in [2.75, 3.05) is 0 Å². The van der Waals surface area contributed by atoms with Gasteiger partial charge < -0.3 is 0 Å². The Morgan fingerprint density at radius 3 is 1.39 bits per heavy atom. The normalized spacial score (nSPS) is 13.0. The first kappa shape index (κ1) is 19.2. The standard InChI is InChI=1S/C25H25BrNP/c1-21-18-19-27(2)25(21)20-28(26,22-12-6-3-7-13-22,23-14-8-4-9-15-23)24-16-10-5-11-17-24/h3-19H,20H2,1-2H3. The first-order chi connectivity index (χ1) is 13.5. The molecule has 28 heavy (non-hydrogen) atoms. The van der Waals surface area contributed by atoms with E-state index in [1.165, 1.54) is 27.2 Å². The van der Waals surface area contributed by atoms with E-state index in [1.54, 1.807) is 0 Å². The predicted molar refractivity (Wildman–Crippen MR) is 128 cm³/mol. The molecule has 4 aromatic rings. The molecule has 3 aromatic carbocycles. The van der Waals surface area contributed by atoms with E-state index in [1.807, 2.05) is 0 Å². The number of hydrogen-bond donors (Lipinski definition) is 0. The van der Waals surface area contributed by atoms with Gasteiger partial charge in [-0.2, -0.15) is 0 Å². The summed E-state index contributed by atoms with van der Waals surface area (Å²) in [7, 11) is 2.15. The van der Waals surface area contributed by atoms with Crippen LogP contribution in [0.25, 0.3) is 0 Å². The second-order valence-electron chi connectivity index (χ2n) is 7.40. The van der Waals surface area contributed by atoms with Crippen molar-refractivity contribution in [2.45, 2.75) is 13.1 Å². The summed E-state index contributed by atoms with van der Waals surface area (Å²) in [5, 5.41) is 1.14. The summed E-state index contributed by atoms with van der Waals surface area (Å²) in [5.74, 6) is 0. The summed E-state index contributed by atoms with van der Waals surface area (Å²) in [5.41, 5.74) is 2.70. The van der Waals surface area contributed by atoms with Crippen molar-refractivity contribution in [3.05, 3.63) is 115 Å². The molecule has 4 rings (SSSR count). The van der Waals surface area contributed by atoms with Gasteiger partial charge >= 0.3 is 176 Å². The number of aromatic nitrogens is 1. The zero-order chi connectivity index (χ0) is 19.6. The number of halogens is 1. The Balaban J connectivity index is 2.12. The van der Waals surface area contributed by atoms with Crippen LogP contribution in [-0.2, 0) is 13.2 Å². The van der Waals surface area contributed by atoms with Gasteiger partial charge in [0.1, 0.15) is 0 Å². The van der Waals surface area contributed by atoms with E-state index >= 15 is 0 Å². The number of rotatable bonds is 5. The molecular weight excluding hydrogens is 425 g/mol. The first-order valence-corrected chi connectivity index (χ1v) is 14.0. The second-order valence-corrected chi connectivity index (χ2v) is 16.3. The molecule has 0 spiro atoms. The fraction of sp³-hybridized carbons (Fsp3) is 0.120. The summed E-state index contributed by atoms with van der Waals surface area (Å²) in [6.45, 7) is 2.21. The maximum absolute atomic E-state index is 4.52. The van der Waals surface area contributed by atoms with Crippen molar-refractivity contribution in [3.8, 4) is 0 Å². The van der Waals surface area contributed by atoms with Gasteiger partial charge in [-0.1, -0.05) is 0 Å². The molecule has 0 aliphatic rings. The monoisotopic (exact) mass is 449 g/mol. The Labute approximate surface area is 175 Å². The third-order valence-corrected chi connectivity index (χ3v) is 15.2. The van der Waals surface area contributed by atoms with Crippen molar-refractivity contribution >= 4 is 36.7 Å². The number of hydrogen-bond acceptors (Lipinski definition) is 0. The molecular formula is C25H25BrNP. The van der Waals surface area contributed by atoms with Crippen LogP contribution in [-0.4, -0.2) is 4.57 Å². The van der Waals surface area contributed by atoms with E-state index in [0.717, 1.165) is 6.16 Å². The van der Waals surface area contributed by atoms with Crippen LogP contribution in [0.2, 0.25) is 0 Å². The second kappa shape index (κ2) is 7.35. The molecule has 0 aliphatic carbocycles. The molecule has 0 saturated carbocycles. The molecule has 0 saturated heterocycles. The van der Waals surface area contributed by atoms with Gasteiger partial charge in [0.15, 0.2) is 0 Å². The van der Waals surface area contributed by atoms with Gasteiger partial charge in [0.2, 0.25) is 0 Å². The fourth-order valence-corrected chi connectivity index (χ4v) is 11.8. The van der Waals surface area contributed by atoms with Crippen LogP contribution in [0.3, 0.4) is 0 Å². The SMILES string of the molecule is Cc1ccn(C)c1CP(Br)(c1ccccc1)(c1ccccc1)c1ccccc1. The van der Waals surface area contributed by atoms with Gasteiger partial charge in [-0.25, -0.2) is 0 Å². The molecule has 0 fully saturated rings. The third kappa shape index (κ3) is 2.96. The van der Waals surface area contributed by atoms with Gasteiger partial charge in [0.05, 0.1) is 0 Å². The number of aryl methyl sites for hydroxylation is 2. The van der Waals surface area contributed by atoms with Gasteiger partial charge in [-0.3, -0.25) is 0 Å². The van der Waals surface area contributed by atoms with Crippen LogP contribution in [0.15, 0.2) is 103 Å². The van der Waals surface area contributed by atoms with Crippen molar-refractivity contribution < 1.29 is 0 Å². The molecule has 1 heterocycles. The van der Waals surface area contributed by atoms with E-state index in [0.29, 0.717) is 0 Å². The Hall–Kier alpha value is -2.15. The van der Waals surface area contributed by atoms with Crippen LogP contribution in [0.1, 0.15) is 11.3 Å². The molecule has 1 aromatic heterocycles. The van der Waals surface area contributed by atoms with E-state index in [9.17, 15) is 0 Å². The van der Waals surface area contributed by atoms with Crippen LogP contribution < -0.4 is 15.9 Å². The van der Waals surface area contributed by atoms with Crippen molar-refractivity contribution in [1.82, 2.24) is 4.57 Å². The molecule has 3 heteroatoms. The molecule has 0 radical (unpaired) electrons. The van der Waals surface area contributed by atoms with E-state index in [2.05, 4.69) is 137 Å². The summed E-state index contributed by atoms with van der Waals surface area (Å²) in [6.07, 6.45) is 3.10. The van der Waals surface area contributed by atoms with Gasteiger partial charge in [-0.05, 0) is 0 Å². The molecule has 1 nitrogen and oxygen atoms in total. The number of benzene rings is 3. The van der Waals surface area contributed by atoms with Crippen molar-refractivity contribution in [2.24, 2.45) is 7.05 Å². The average Bonchev–Trinajstić information content (AvgIpc) is 3.07. The van der Waals surface area contributed by atoms with Crippen molar-refractivity contribution in [1.29, 1.82) is 0 Å². The Kier molecular flexibility index (Phi) is 5.04. The molecule has 0 atom stereocenters. The summed E-state index contributed by atoms with van der Waals surface area (Å²) in [4.78, 5) is 0.